The van der Waals surface area contributed by atoms with Crippen LogP contribution in [0.5, 0.6) is 17.2 Å². The van der Waals surface area contributed by atoms with Crippen LogP contribution in [0.25, 0.3) is 0 Å². The van der Waals surface area contributed by atoms with E-state index in [0.29, 0.717) is 38.2 Å². The predicted octanol–water partition coefficient (Wildman–Crippen LogP) is 6.33. The maximum Gasteiger partial charge on any atom is 0.339 e. The lowest BCUT2D eigenvalue weighted by molar-refractivity contribution is 0.0954. The van der Waals surface area contributed by atoms with Gasteiger partial charge in [-0.05, 0) is 85.5 Å². The van der Waals surface area contributed by atoms with Gasteiger partial charge in [0.05, 0.1) is 22.3 Å². The summed E-state index contributed by atoms with van der Waals surface area (Å²) in [5.74, 6) is 0.553. The molecule has 200 valence electrons. The number of hydrogen-bond acceptors (Lipinski definition) is 7. The van der Waals surface area contributed by atoms with E-state index in [9.17, 15) is 13.2 Å². The van der Waals surface area contributed by atoms with Gasteiger partial charge in [-0.2, -0.15) is 13.5 Å². The summed E-state index contributed by atoms with van der Waals surface area (Å²) in [4.78, 5) is 12.7. The lowest BCUT2D eigenvalue weighted by Gasteiger charge is -2.12. The number of nitrogens with one attached hydrogen (secondary N) is 1. The summed E-state index contributed by atoms with van der Waals surface area (Å²) in [5.41, 5.74) is 4.37. The molecule has 0 bridgehead atoms. The van der Waals surface area contributed by atoms with Crippen LogP contribution in [-0.4, -0.2) is 27.6 Å². The van der Waals surface area contributed by atoms with Gasteiger partial charge in [-0.3, -0.25) is 4.79 Å². The zero-order valence-corrected chi connectivity index (χ0v) is 24.5. The van der Waals surface area contributed by atoms with Gasteiger partial charge in [0.25, 0.3) is 5.91 Å². The van der Waals surface area contributed by atoms with Crippen molar-refractivity contribution in [1.29, 1.82) is 0 Å². The highest BCUT2D eigenvalue weighted by molar-refractivity contribution is 9.11. The van der Waals surface area contributed by atoms with Gasteiger partial charge >= 0.3 is 10.1 Å². The third-order valence-electron chi connectivity index (χ3n) is 5.29. The zero-order chi connectivity index (χ0) is 27.8. The Morgan fingerprint density at radius 1 is 0.897 bits per heavy atom. The second kappa shape index (κ2) is 12.9. The number of hydrogen-bond donors (Lipinski definition) is 1. The Kier molecular flexibility index (Phi) is 9.39. The number of carbonyl (C=O) groups excluding carboxylic acids is 1. The first-order valence-corrected chi connectivity index (χ1v) is 14.4. The molecule has 4 rings (SSSR count). The number of nitrogens with zero attached hydrogens (tertiary/aromatic N) is 1. The second-order valence-electron chi connectivity index (χ2n) is 8.00. The molecule has 8 nitrogen and oxygen atoms in total. The molecule has 0 unspecified atom stereocenters. The fraction of sp³-hybridized carbons (Fsp3) is 0.0714. The number of benzene rings is 4. The van der Waals surface area contributed by atoms with Crippen LogP contribution in [0.15, 0.2) is 110 Å². The van der Waals surface area contributed by atoms with Gasteiger partial charge < -0.3 is 13.7 Å². The van der Waals surface area contributed by atoms with Crippen LogP contribution in [0, 0.1) is 0 Å². The maximum atomic E-state index is 12.6. The monoisotopic (exact) mass is 672 g/mol. The summed E-state index contributed by atoms with van der Waals surface area (Å²) >= 11 is 6.67. The van der Waals surface area contributed by atoms with Gasteiger partial charge in [0.1, 0.15) is 11.5 Å². The molecule has 4 aromatic rings. The van der Waals surface area contributed by atoms with Crippen LogP contribution in [-0.2, 0) is 16.7 Å². The molecule has 0 spiro atoms. The molecule has 0 saturated heterocycles. The molecule has 0 aromatic heterocycles. The van der Waals surface area contributed by atoms with Crippen LogP contribution in [0.1, 0.15) is 21.5 Å². The Bertz CT molecular complexity index is 1570. The average molecular weight is 674 g/mol. The van der Waals surface area contributed by atoms with Gasteiger partial charge in [0, 0.05) is 5.56 Å². The number of halogens is 2. The minimum Gasteiger partial charge on any atom is -0.493 e. The minimum absolute atomic E-state index is 0.0320. The summed E-state index contributed by atoms with van der Waals surface area (Å²) in [6.07, 6.45) is 1.41. The topological polar surface area (TPSA) is 103 Å². The van der Waals surface area contributed by atoms with Gasteiger partial charge in [-0.25, -0.2) is 5.43 Å². The molecule has 0 aliphatic heterocycles. The van der Waals surface area contributed by atoms with E-state index in [-0.39, 0.29) is 10.6 Å². The third kappa shape index (κ3) is 7.47. The first kappa shape index (κ1) is 28.3. The highest BCUT2D eigenvalue weighted by atomic mass is 79.9. The Labute approximate surface area is 243 Å². The fourth-order valence-electron chi connectivity index (χ4n) is 3.37. The second-order valence-corrected chi connectivity index (χ2v) is 11.3. The molecular formula is C28H22Br2N2O6S. The molecule has 11 heteroatoms. The maximum absolute atomic E-state index is 12.6. The van der Waals surface area contributed by atoms with Crippen molar-refractivity contribution in [1.82, 2.24) is 5.43 Å². The van der Waals surface area contributed by atoms with Crippen LogP contribution in [0.3, 0.4) is 0 Å². The first-order chi connectivity index (χ1) is 18.8. The number of hydrazone groups is 1. The molecule has 0 saturated carbocycles. The molecule has 0 aliphatic rings. The standard InChI is InChI=1S/C28H22Br2N2O6S/c1-36-26-16-21(12-13-25(26)37-18-19-8-4-2-5-9-19)28(33)32-31-17-20-14-23(29)27(24(30)15-20)38-39(34,35)22-10-6-3-7-11-22/h2-17H,18H2,1H3,(H,32,33)/b31-17+. The largest absolute Gasteiger partial charge is 0.493 e. The van der Waals surface area contributed by atoms with Crippen molar-refractivity contribution in [3.8, 4) is 17.2 Å². The quantitative estimate of drug-likeness (QED) is 0.120. The number of carbonyl (C=O) groups is 1. The molecule has 0 heterocycles. The van der Waals surface area contributed by atoms with Crippen LogP contribution < -0.4 is 19.1 Å². The van der Waals surface area contributed by atoms with Crippen LogP contribution in [0.4, 0.5) is 0 Å². The van der Waals surface area contributed by atoms with E-state index >= 15 is 0 Å². The molecule has 39 heavy (non-hydrogen) atoms. The molecule has 4 aromatic carbocycles. The van der Waals surface area contributed by atoms with Gasteiger partial charge in [0.15, 0.2) is 17.2 Å². The van der Waals surface area contributed by atoms with Gasteiger partial charge in [-0.15, -0.1) is 0 Å². The van der Waals surface area contributed by atoms with E-state index in [2.05, 4.69) is 42.4 Å². The van der Waals surface area contributed by atoms with Gasteiger partial charge in [-0.1, -0.05) is 48.5 Å². The lowest BCUT2D eigenvalue weighted by Crippen LogP contribution is -2.17. The molecule has 0 radical (unpaired) electrons. The van der Waals surface area contributed by atoms with Crippen molar-refractivity contribution >= 4 is 54.1 Å². The van der Waals surface area contributed by atoms with Crippen molar-refractivity contribution in [2.24, 2.45) is 5.10 Å². The lowest BCUT2D eigenvalue weighted by atomic mass is 10.2. The molecule has 0 aliphatic carbocycles. The molecule has 1 N–H and O–H groups in total. The van der Waals surface area contributed by atoms with Crippen molar-refractivity contribution < 1.29 is 26.9 Å². The average Bonchev–Trinajstić information content (AvgIpc) is 2.95. The summed E-state index contributed by atoms with van der Waals surface area (Å²) in [7, 11) is -2.53. The number of ether oxygens (including phenoxy) is 2. The Morgan fingerprint density at radius 2 is 1.54 bits per heavy atom. The number of rotatable bonds is 10. The molecule has 0 fully saturated rings. The summed E-state index contributed by atoms with van der Waals surface area (Å²) in [5, 5.41) is 4.01. The smallest absolute Gasteiger partial charge is 0.339 e. The summed E-state index contributed by atoms with van der Waals surface area (Å²) in [6.45, 7) is 0.361. The molecule has 1 amide bonds. The first-order valence-electron chi connectivity index (χ1n) is 11.4. The number of amides is 1. The Hall–Kier alpha value is -3.67. The molecule has 0 atom stereocenters. The SMILES string of the molecule is COc1cc(C(=O)N/N=C/c2cc(Br)c(OS(=O)(=O)c3ccccc3)c(Br)c2)ccc1OCc1ccccc1. The molecular weight excluding hydrogens is 652 g/mol. The van der Waals surface area contributed by atoms with Gasteiger partial charge in [0.2, 0.25) is 0 Å². The Morgan fingerprint density at radius 3 is 2.18 bits per heavy atom. The van der Waals surface area contributed by atoms with E-state index in [1.54, 1.807) is 48.5 Å². The van der Waals surface area contributed by atoms with E-state index in [4.69, 9.17) is 13.7 Å². The number of methoxy groups -OCH3 is 1. The highest BCUT2D eigenvalue weighted by Gasteiger charge is 2.20. The summed E-state index contributed by atoms with van der Waals surface area (Å²) < 4.78 is 42.5. The predicted molar refractivity (Wildman–Crippen MR) is 155 cm³/mol. The van der Waals surface area contributed by atoms with Crippen LogP contribution in [0.2, 0.25) is 0 Å². The van der Waals surface area contributed by atoms with Crippen molar-refractivity contribution in [3.05, 3.63) is 117 Å². The minimum atomic E-state index is -4.03. The third-order valence-corrected chi connectivity index (χ3v) is 7.70. The van der Waals surface area contributed by atoms with E-state index in [1.807, 2.05) is 30.3 Å². The van der Waals surface area contributed by atoms with Crippen molar-refractivity contribution in [2.75, 3.05) is 7.11 Å². The Balaban J connectivity index is 1.41. The fourth-order valence-corrected chi connectivity index (χ4v) is 5.96. The van der Waals surface area contributed by atoms with Crippen molar-refractivity contribution in [3.63, 3.8) is 0 Å². The summed E-state index contributed by atoms with van der Waals surface area (Å²) in [6, 6.07) is 25.6. The van der Waals surface area contributed by atoms with E-state index in [1.165, 1.54) is 25.5 Å². The van der Waals surface area contributed by atoms with Crippen LogP contribution >= 0.6 is 31.9 Å². The van der Waals surface area contributed by atoms with Crippen molar-refractivity contribution in [2.45, 2.75) is 11.5 Å². The highest BCUT2D eigenvalue weighted by Crippen LogP contribution is 2.36. The van der Waals surface area contributed by atoms with E-state index in [0.717, 1.165) is 5.56 Å². The normalized spacial score (nSPS) is 11.3. The zero-order valence-electron chi connectivity index (χ0n) is 20.5. The van der Waals surface area contributed by atoms with E-state index < -0.39 is 16.0 Å².